The fraction of sp³-hybridized carbons (Fsp3) is 0.478. The third-order valence-electron chi connectivity index (χ3n) is 5.81. The zero-order chi connectivity index (χ0) is 21.2. The van der Waals surface area contributed by atoms with Crippen molar-refractivity contribution in [3.05, 3.63) is 59.2 Å². The molecule has 4 nitrogen and oxygen atoms in total. The van der Waals surface area contributed by atoms with E-state index in [0.717, 1.165) is 29.5 Å². The monoisotopic (exact) mass is 403 g/mol. The van der Waals surface area contributed by atoms with Gasteiger partial charge >= 0.3 is 0 Å². The molecule has 0 fully saturated rings. The van der Waals surface area contributed by atoms with Gasteiger partial charge in [-0.15, -0.1) is 0 Å². The van der Waals surface area contributed by atoms with E-state index in [0.29, 0.717) is 5.69 Å². The minimum atomic E-state index is -3.57. The van der Waals surface area contributed by atoms with Crippen molar-refractivity contribution in [3.63, 3.8) is 0 Å². The standard InChI is InChI=1S/C23H33NO3S/c1-7-22(3,4)19-14-18(15-20(21(19)25)23(5,6)8-2)24-28(26,27)16-17-12-10-9-11-13-17/h9-15,24-25H,7-8,16H2,1-6H3. The van der Waals surface area contributed by atoms with Crippen LogP contribution in [0.4, 0.5) is 5.69 Å². The number of rotatable bonds is 8. The fourth-order valence-electron chi connectivity index (χ4n) is 3.12. The smallest absolute Gasteiger partial charge is 0.236 e. The number of anilines is 1. The van der Waals surface area contributed by atoms with Gasteiger partial charge in [-0.05, 0) is 41.4 Å². The van der Waals surface area contributed by atoms with E-state index in [-0.39, 0.29) is 22.3 Å². The number of phenols is 1. The summed E-state index contributed by atoms with van der Waals surface area (Å²) in [5, 5.41) is 11.0. The first-order valence-corrected chi connectivity index (χ1v) is 11.5. The van der Waals surface area contributed by atoms with E-state index < -0.39 is 10.0 Å². The van der Waals surface area contributed by atoms with Crippen LogP contribution in [-0.4, -0.2) is 13.5 Å². The van der Waals surface area contributed by atoms with Gasteiger partial charge in [0.1, 0.15) is 5.75 Å². The lowest BCUT2D eigenvalue weighted by molar-refractivity contribution is 0.400. The van der Waals surface area contributed by atoms with E-state index in [1.807, 2.05) is 18.2 Å². The summed E-state index contributed by atoms with van der Waals surface area (Å²) in [7, 11) is -3.57. The van der Waals surface area contributed by atoms with Gasteiger partial charge in [-0.3, -0.25) is 4.72 Å². The molecule has 154 valence electrons. The van der Waals surface area contributed by atoms with Crippen molar-refractivity contribution in [2.45, 2.75) is 71.0 Å². The SMILES string of the molecule is CCC(C)(C)c1cc(NS(=O)(=O)Cc2ccccc2)cc(C(C)(C)CC)c1O. The topological polar surface area (TPSA) is 66.4 Å². The molecule has 0 spiro atoms. The Labute approximate surface area is 170 Å². The second-order valence-corrected chi connectivity index (χ2v) is 10.5. The number of sulfonamides is 1. The Bertz CT molecular complexity index is 879. The second kappa shape index (κ2) is 8.16. The molecule has 28 heavy (non-hydrogen) atoms. The molecular weight excluding hydrogens is 370 g/mol. The normalized spacial score (nSPS) is 12.8. The Balaban J connectivity index is 2.52. The van der Waals surface area contributed by atoms with Gasteiger partial charge in [-0.1, -0.05) is 71.9 Å². The van der Waals surface area contributed by atoms with Gasteiger partial charge in [0, 0.05) is 16.8 Å². The highest BCUT2D eigenvalue weighted by atomic mass is 32.2. The van der Waals surface area contributed by atoms with Crippen molar-refractivity contribution < 1.29 is 13.5 Å². The highest BCUT2D eigenvalue weighted by Gasteiger charge is 2.30. The minimum absolute atomic E-state index is 0.0896. The van der Waals surface area contributed by atoms with Gasteiger partial charge < -0.3 is 5.11 Å². The Morgan fingerprint density at radius 3 is 1.79 bits per heavy atom. The van der Waals surface area contributed by atoms with Crippen LogP contribution >= 0.6 is 0 Å². The van der Waals surface area contributed by atoms with Crippen molar-refractivity contribution in [2.75, 3.05) is 4.72 Å². The van der Waals surface area contributed by atoms with Gasteiger partial charge in [0.25, 0.3) is 0 Å². The summed E-state index contributed by atoms with van der Waals surface area (Å²) in [4.78, 5) is 0. The van der Waals surface area contributed by atoms with E-state index >= 15 is 0 Å². The first kappa shape index (κ1) is 22.3. The fourth-order valence-corrected chi connectivity index (χ4v) is 4.30. The highest BCUT2D eigenvalue weighted by molar-refractivity contribution is 7.91. The zero-order valence-electron chi connectivity index (χ0n) is 17.8. The summed E-state index contributed by atoms with van der Waals surface area (Å²) in [6, 6.07) is 12.7. The van der Waals surface area contributed by atoms with Crippen molar-refractivity contribution in [1.29, 1.82) is 0 Å². The molecule has 2 N–H and O–H groups in total. The molecule has 0 unspecified atom stereocenters. The van der Waals surface area contributed by atoms with E-state index in [4.69, 9.17) is 0 Å². The van der Waals surface area contributed by atoms with Gasteiger partial charge in [0.2, 0.25) is 10.0 Å². The van der Waals surface area contributed by atoms with E-state index in [1.54, 1.807) is 24.3 Å². The Morgan fingerprint density at radius 1 is 0.893 bits per heavy atom. The lowest BCUT2D eigenvalue weighted by Crippen LogP contribution is -2.22. The molecule has 0 aliphatic heterocycles. The second-order valence-electron chi connectivity index (χ2n) is 8.74. The molecule has 0 saturated carbocycles. The summed E-state index contributed by atoms with van der Waals surface area (Å²) >= 11 is 0. The summed E-state index contributed by atoms with van der Waals surface area (Å²) in [6.07, 6.45) is 1.65. The van der Waals surface area contributed by atoms with Crippen LogP contribution in [0.1, 0.15) is 71.1 Å². The molecule has 0 aliphatic carbocycles. The summed E-state index contributed by atoms with van der Waals surface area (Å²) in [6.45, 7) is 12.4. The van der Waals surface area contributed by atoms with E-state index in [1.165, 1.54) is 0 Å². The third-order valence-corrected chi connectivity index (χ3v) is 7.07. The van der Waals surface area contributed by atoms with E-state index in [9.17, 15) is 13.5 Å². The molecule has 0 atom stereocenters. The number of aromatic hydroxyl groups is 1. The van der Waals surface area contributed by atoms with Crippen molar-refractivity contribution >= 4 is 15.7 Å². The van der Waals surface area contributed by atoms with Crippen LogP contribution < -0.4 is 4.72 Å². The number of nitrogens with one attached hydrogen (secondary N) is 1. The van der Waals surface area contributed by atoms with Gasteiger partial charge in [-0.2, -0.15) is 0 Å². The largest absolute Gasteiger partial charge is 0.507 e. The summed E-state index contributed by atoms with van der Waals surface area (Å²) in [5.74, 6) is 0.179. The Morgan fingerprint density at radius 2 is 1.36 bits per heavy atom. The van der Waals surface area contributed by atoms with Crippen LogP contribution in [0, 0.1) is 0 Å². The first-order chi connectivity index (χ1) is 12.9. The Hall–Kier alpha value is -2.01. The maximum Gasteiger partial charge on any atom is 0.236 e. The lowest BCUT2D eigenvalue weighted by Gasteiger charge is -2.31. The lowest BCUT2D eigenvalue weighted by atomic mass is 9.75. The van der Waals surface area contributed by atoms with Gasteiger partial charge in [0.15, 0.2) is 0 Å². The van der Waals surface area contributed by atoms with Crippen LogP contribution in [-0.2, 0) is 26.6 Å². The van der Waals surface area contributed by atoms with Crippen molar-refractivity contribution in [1.82, 2.24) is 0 Å². The molecule has 0 amide bonds. The van der Waals surface area contributed by atoms with Crippen molar-refractivity contribution in [2.24, 2.45) is 0 Å². The predicted octanol–water partition coefficient (Wildman–Crippen LogP) is 5.71. The van der Waals surface area contributed by atoms with Crippen LogP contribution in [0.25, 0.3) is 0 Å². The first-order valence-electron chi connectivity index (χ1n) is 9.84. The van der Waals surface area contributed by atoms with Crippen molar-refractivity contribution in [3.8, 4) is 5.75 Å². The van der Waals surface area contributed by atoms with E-state index in [2.05, 4.69) is 46.3 Å². The Kier molecular flexibility index (Phi) is 6.49. The van der Waals surface area contributed by atoms with Crippen LogP contribution in [0.2, 0.25) is 0 Å². The zero-order valence-corrected chi connectivity index (χ0v) is 18.7. The third kappa shape index (κ3) is 5.07. The van der Waals surface area contributed by atoms with Gasteiger partial charge in [-0.25, -0.2) is 8.42 Å². The maximum atomic E-state index is 12.7. The molecule has 0 aromatic heterocycles. The summed E-state index contributed by atoms with van der Waals surface area (Å²) in [5.41, 5.74) is 2.23. The molecule has 0 bridgehead atoms. The quantitative estimate of drug-likeness (QED) is 0.555. The van der Waals surface area contributed by atoms with Crippen LogP contribution in [0.5, 0.6) is 5.75 Å². The molecule has 2 aromatic rings. The summed E-state index contributed by atoms with van der Waals surface area (Å²) < 4.78 is 28.2. The van der Waals surface area contributed by atoms with Crippen LogP contribution in [0.15, 0.2) is 42.5 Å². The molecule has 2 aromatic carbocycles. The maximum absolute atomic E-state index is 12.7. The van der Waals surface area contributed by atoms with Crippen LogP contribution in [0.3, 0.4) is 0 Å². The molecular formula is C23H33NO3S. The number of phenolic OH excluding ortho intramolecular Hbond substituents is 1. The minimum Gasteiger partial charge on any atom is -0.507 e. The molecule has 2 rings (SSSR count). The number of hydrogen-bond donors (Lipinski definition) is 2. The predicted molar refractivity (Wildman–Crippen MR) is 117 cm³/mol. The average molecular weight is 404 g/mol. The molecule has 0 radical (unpaired) electrons. The molecule has 5 heteroatoms. The molecule has 0 aliphatic rings. The number of benzene rings is 2. The number of hydrogen-bond acceptors (Lipinski definition) is 3. The average Bonchev–Trinajstić information content (AvgIpc) is 2.62. The highest BCUT2D eigenvalue weighted by Crippen LogP contribution is 2.43. The molecule has 0 heterocycles. The molecule has 0 saturated heterocycles. The van der Waals surface area contributed by atoms with Gasteiger partial charge in [0.05, 0.1) is 5.75 Å².